The Morgan fingerprint density at radius 1 is 1.12 bits per heavy atom. The third kappa shape index (κ3) is 6.91. The first-order chi connectivity index (χ1) is 12.8. The molecule has 7 nitrogen and oxygen atoms in total. The topological polar surface area (TPSA) is 77.5 Å². The van der Waals surface area contributed by atoms with Gasteiger partial charge in [0, 0.05) is 18.0 Å². The van der Waals surface area contributed by atoms with Gasteiger partial charge < -0.3 is 19.5 Å². The van der Waals surface area contributed by atoms with Gasteiger partial charge in [-0.1, -0.05) is 12.2 Å². The van der Waals surface area contributed by atoms with Crippen molar-refractivity contribution in [2.75, 3.05) is 46.8 Å². The summed E-state index contributed by atoms with van der Waals surface area (Å²) in [5.74, 6) is 0. The molecule has 0 aliphatic carbocycles. The van der Waals surface area contributed by atoms with E-state index >= 15 is 0 Å². The van der Waals surface area contributed by atoms with E-state index in [2.05, 4.69) is 20.6 Å². The SMILES string of the molecule is CNC1(C=Cc2cnc(OCCOCCOCCF)nc2)C=CC=CN1. The highest BCUT2D eigenvalue weighted by Gasteiger charge is 2.20. The lowest BCUT2D eigenvalue weighted by molar-refractivity contribution is 0.0315. The molecule has 0 saturated carbocycles. The van der Waals surface area contributed by atoms with E-state index in [4.69, 9.17) is 14.2 Å². The van der Waals surface area contributed by atoms with E-state index in [0.29, 0.717) is 32.4 Å². The number of nitrogens with zero attached hydrogens (tertiary/aromatic N) is 2. The third-order valence-corrected chi connectivity index (χ3v) is 3.54. The highest BCUT2D eigenvalue weighted by atomic mass is 19.1. The van der Waals surface area contributed by atoms with Crippen LogP contribution in [0.25, 0.3) is 6.08 Å². The van der Waals surface area contributed by atoms with Gasteiger partial charge in [-0.25, -0.2) is 14.4 Å². The van der Waals surface area contributed by atoms with Crippen LogP contribution >= 0.6 is 0 Å². The van der Waals surface area contributed by atoms with Crippen LogP contribution in [0.15, 0.2) is 42.9 Å². The highest BCUT2D eigenvalue weighted by molar-refractivity contribution is 5.50. The summed E-state index contributed by atoms with van der Waals surface area (Å²) in [5.41, 5.74) is 0.438. The van der Waals surface area contributed by atoms with E-state index in [9.17, 15) is 4.39 Å². The first-order valence-electron chi connectivity index (χ1n) is 8.44. The first-order valence-corrected chi connectivity index (χ1v) is 8.44. The Hall–Kier alpha value is -2.29. The summed E-state index contributed by atoms with van der Waals surface area (Å²) in [6.45, 7) is 1.12. The Bertz CT molecular complexity index is 607. The molecule has 1 atom stereocenters. The van der Waals surface area contributed by atoms with E-state index in [0.717, 1.165) is 5.56 Å². The highest BCUT2D eigenvalue weighted by Crippen LogP contribution is 2.12. The zero-order valence-corrected chi connectivity index (χ0v) is 14.9. The number of dihydropyridines is 1. The van der Waals surface area contributed by atoms with Gasteiger partial charge in [-0.15, -0.1) is 0 Å². The van der Waals surface area contributed by atoms with E-state index in [1.165, 1.54) is 0 Å². The number of ether oxygens (including phenoxy) is 3. The van der Waals surface area contributed by atoms with E-state index in [1.807, 2.05) is 43.6 Å². The molecule has 26 heavy (non-hydrogen) atoms. The zero-order valence-electron chi connectivity index (χ0n) is 14.9. The van der Waals surface area contributed by atoms with Crippen molar-refractivity contribution in [3.05, 3.63) is 48.5 Å². The lowest BCUT2D eigenvalue weighted by Crippen LogP contribution is -2.50. The second-order valence-electron chi connectivity index (χ2n) is 5.38. The van der Waals surface area contributed by atoms with E-state index < -0.39 is 12.3 Å². The quantitative estimate of drug-likeness (QED) is 0.544. The molecule has 142 valence electrons. The van der Waals surface area contributed by atoms with Crippen molar-refractivity contribution in [2.45, 2.75) is 5.66 Å². The van der Waals surface area contributed by atoms with Crippen molar-refractivity contribution < 1.29 is 18.6 Å². The van der Waals surface area contributed by atoms with Gasteiger partial charge in [0.2, 0.25) is 0 Å². The largest absolute Gasteiger partial charge is 0.461 e. The average Bonchev–Trinajstić information content (AvgIpc) is 2.70. The zero-order chi connectivity index (χ0) is 18.5. The molecule has 0 fully saturated rings. The number of alkyl halides is 1. The molecular formula is C18H25FN4O3. The Morgan fingerprint density at radius 2 is 1.85 bits per heavy atom. The molecule has 2 N–H and O–H groups in total. The fraction of sp³-hybridized carbons (Fsp3) is 0.444. The second kappa shape index (κ2) is 11.3. The first kappa shape index (κ1) is 20.0. The summed E-state index contributed by atoms with van der Waals surface area (Å²) >= 11 is 0. The Balaban J connectivity index is 1.70. The van der Waals surface area contributed by atoms with E-state index in [1.54, 1.807) is 12.4 Å². The van der Waals surface area contributed by atoms with Crippen LogP contribution in [0.4, 0.5) is 4.39 Å². The van der Waals surface area contributed by atoms with Crippen molar-refractivity contribution >= 4 is 6.08 Å². The molecule has 2 rings (SSSR count). The minimum Gasteiger partial charge on any atom is -0.461 e. The maximum Gasteiger partial charge on any atom is 0.316 e. The molecule has 0 aromatic carbocycles. The van der Waals surface area contributed by atoms with Crippen LogP contribution in [0.2, 0.25) is 0 Å². The summed E-state index contributed by atoms with van der Waals surface area (Å²) < 4.78 is 27.5. The van der Waals surface area contributed by atoms with Crippen molar-refractivity contribution in [3.8, 4) is 6.01 Å². The average molecular weight is 364 g/mol. The summed E-state index contributed by atoms with van der Waals surface area (Å²) in [7, 11) is 1.88. The van der Waals surface area contributed by atoms with Crippen molar-refractivity contribution in [3.63, 3.8) is 0 Å². The maximum atomic E-state index is 11.8. The van der Waals surface area contributed by atoms with Crippen LogP contribution in [0.5, 0.6) is 6.01 Å². The molecule has 1 unspecified atom stereocenters. The number of halogens is 1. The molecule has 1 aromatic rings. The predicted molar refractivity (Wildman–Crippen MR) is 97.4 cm³/mol. The van der Waals surface area contributed by atoms with Crippen molar-refractivity contribution in [2.24, 2.45) is 0 Å². The minimum absolute atomic E-state index is 0.104. The fourth-order valence-corrected chi connectivity index (χ4v) is 2.12. The van der Waals surface area contributed by atoms with Crippen LogP contribution in [-0.2, 0) is 9.47 Å². The monoisotopic (exact) mass is 364 g/mol. The summed E-state index contributed by atoms with van der Waals surface area (Å²) in [6, 6.07) is 0.293. The Labute approximate surface area is 153 Å². The minimum atomic E-state index is -0.480. The van der Waals surface area contributed by atoms with Gasteiger partial charge in [-0.05, 0) is 31.5 Å². The number of nitrogens with one attached hydrogen (secondary N) is 2. The lowest BCUT2D eigenvalue weighted by Gasteiger charge is -2.29. The summed E-state index contributed by atoms with van der Waals surface area (Å²) in [5, 5.41) is 6.46. The molecule has 0 spiro atoms. The lowest BCUT2D eigenvalue weighted by atomic mass is 10.1. The normalized spacial score (nSPS) is 19.0. The molecule has 0 amide bonds. The number of hydrogen-bond donors (Lipinski definition) is 2. The number of rotatable bonds is 12. The molecule has 2 heterocycles. The number of hydrogen-bond acceptors (Lipinski definition) is 7. The van der Waals surface area contributed by atoms with Gasteiger partial charge in [0.15, 0.2) is 0 Å². The van der Waals surface area contributed by atoms with Crippen molar-refractivity contribution in [1.29, 1.82) is 0 Å². The maximum absolute atomic E-state index is 11.8. The Kier molecular flexibility index (Phi) is 8.74. The molecule has 1 aliphatic rings. The number of allylic oxidation sites excluding steroid dienone is 2. The second-order valence-corrected chi connectivity index (χ2v) is 5.38. The third-order valence-electron chi connectivity index (χ3n) is 3.54. The van der Waals surface area contributed by atoms with Crippen molar-refractivity contribution in [1.82, 2.24) is 20.6 Å². The van der Waals surface area contributed by atoms with Crippen LogP contribution < -0.4 is 15.4 Å². The molecule has 8 heteroatoms. The predicted octanol–water partition coefficient (Wildman–Crippen LogP) is 1.46. The summed E-state index contributed by atoms with van der Waals surface area (Å²) in [6.07, 6.45) is 15.1. The fourth-order valence-electron chi connectivity index (χ4n) is 2.12. The van der Waals surface area contributed by atoms with Gasteiger partial charge in [0.1, 0.15) is 18.9 Å². The number of aromatic nitrogens is 2. The van der Waals surface area contributed by atoms with Crippen LogP contribution in [0, 0.1) is 0 Å². The van der Waals surface area contributed by atoms with E-state index in [-0.39, 0.29) is 6.61 Å². The molecule has 0 bridgehead atoms. The molecular weight excluding hydrogens is 339 g/mol. The number of likely N-dealkylation sites (N-methyl/N-ethyl adjacent to an activating group) is 1. The smallest absolute Gasteiger partial charge is 0.316 e. The molecule has 1 aromatic heterocycles. The molecule has 0 saturated heterocycles. The van der Waals surface area contributed by atoms with Crippen LogP contribution in [0.3, 0.4) is 0 Å². The molecule has 0 radical (unpaired) electrons. The van der Waals surface area contributed by atoms with Crippen LogP contribution in [0.1, 0.15) is 5.56 Å². The Morgan fingerprint density at radius 3 is 2.50 bits per heavy atom. The van der Waals surface area contributed by atoms with Gasteiger partial charge in [0.25, 0.3) is 0 Å². The molecule has 1 aliphatic heterocycles. The van der Waals surface area contributed by atoms with Gasteiger partial charge in [-0.2, -0.15) is 0 Å². The van der Waals surface area contributed by atoms with Gasteiger partial charge in [0.05, 0.1) is 26.4 Å². The summed E-state index contributed by atoms with van der Waals surface area (Å²) in [4.78, 5) is 8.34. The van der Waals surface area contributed by atoms with Crippen LogP contribution in [-0.4, -0.2) is 62.4 Å². The standard InChI is InChI=1S/C18H25FN4O3/c1-20-18(5-2-3-8-23-18)6-4-16-14-21-17(22-15-16)26-13-12-25-11-10-24-9-7-19/h2-6,8,14-15,20,23H,7,9-13H2,1H3. The van der Waals surface area contributed by atoms with Gasteiger partial charge in [-0.3, -0.25) is 5.32 Å². The van der Waals surface area contributed by atoms with Gasteiger partial charge >= 0.3 is 6.01 Å².